The second-order valence-electron chi connectivity index (χ2n) is 30.3. The number of aliphatic hydroxyl groups excluding tert-OH is 3. The normalized spacial score (nSPS) is 16.4. The summed E-state index contributed by atoms with van der Waals surface area (Å²) in [6.45, 7) is 18.3. The van der Waals surface area contributed by atoms with Crippen molar-refractivity contribution in [1.82, 2.24) is 14.7 Å². The van der Waals surface area contributed by atoms with E-state index in [2.05, 4.69) is 179 Å². The number of anilines is 2. The monoisotopic (exact) mass is 1520 g/mol. The number of phenolic OH excluding ortho intramolecular Hbond substituents is 1. The first-order valence-electron chi connectivity index (χ1n) is 39.6. The molecule has 4 aliphatic rings. The molecule has 13 rings (SSSR count). The Morgan fingerprint density at radius 2 is 0.773 bits per heavy atom. The molecule has 0 amide bonds. The molecule has 0 unspecified atom stereocenters. The number of piperidine rings is 2. The molecule has 1 aliphatic carbocycles. The van der Waals surface area contributed by atoms with Gasteiger partial charge in [0, 0.05) is 75.5 Å². The maximum absolute atomic E-state index is 11.7. The summed E-state index contributed by atoms with van der Waals surface area (Å²) >= 11 is 0. The number of allylic oxidation sites excluding steroid dienone is 3. The molecule has 3 heterocycles. The Bertz CT molecular complexity index is 4470. The van der Waals surface area contributed by atoms with Crippen molar-refractivity contribution in [3.63, 3.8) is 0 Å². The summed E-state index contributed by atoms with van der Waals surface area (Å²) in [4.78, 5) is 10.2. The first-order chi connectivity index (χ1) is 53.2. The second kappa shape index (κ2) is 39.8. The molecule has 14 nitrogen and oxygen atoms in total. The van der Waals surface area contributed by atoms with Crippen molar-refractivity contribution >= 4 is 65.0 Å². The van der Waals surface area contributed by atoms with E-state index in [4.69, 9.17) is 4.18 Å². The van der Waals surface area contributed by atoms with Crippen LogP contribution in [0.2, 0.25) is 0 Å². The van der Waals surface area contributed by atoms with Crippen LogP contribution >= 0.6 is 0 Å². The van der Waals surface area contributed by atoms with Crippen molar-refractivity contribution < 1.29 is 41.4 Å². The highest BCUT2D eigenvalue weighted by Gasteiger charge is 2.33. The Hall–Kier alpha value is -8.94. The van der Waals surface area contributed by atoms with Crippen LogP contribution in [0.25, 0.3) is 33.4 Å². The fraction of sp³-hybridized carbons (Fsp3) is 0.362. The number of hydrogen-bond acceptors (Lipinski definition) is 13. The fourth-order valence-corrected chi connectivity index (χ4v) is 16.9. The molecular weight excluding hydrogens is 1410 g/mol. The molecule has 16 heteroatoms. The van der Waals surface area contributed by atoms with Gasteiger partial charge in [0.25, 0.3) is 0 Å². The van der Waals surface area contributed by atoms with Crippen molar-refractivity contribution in [2.45, 2.75) is 135 Å². The van der Waals surface area contributed by atoms with Gasteiger partial charge in [0.05, 0.1) is 12.5 Å². The van der Waals surface area contributed by atoms with Crippen molar-refractivity contribution in [2.24, 2.45) is 0 Å². The maximum atomic E-state index is 11.7. The van der Waals surface area contributed by atoms with E-state index in [9.17, 15) is 37.3 Å². The van der Waals surface area contributed by atoms with E-state index in [1.807, 2.05) is 91.0 Å². The van der Waals surface area contributed by atoms with Gasteiger partial charge in [-0.25, -0.2) is 8.42 Å². The summed E-state index contributed by atoms with van der Waals surface area (Å²) in [5.74, 6) is 1.77. The zero-order chi connectivity index (χ0) is 77.6. The standard InChI is InChI=1S/C32H40N2O3S.C31H38N2O4S.C31H35NO2/c1-24(2)34-21-19-26(20-22-34)25-11-13-28(14-12-25)32(29-15-17-30(18-16-29)33-38(3,36)37)31(10-7-23-35)27-8-5-4-6-9-27;1-24(2)32-19-21-33(22-20-32)28-15-11-26(12-16-28)31(27-13-17-29(18-14-27)37-38(3,35)36)30(10-7-23-34)25-8-5-4-6-9-25;33-21-5-10-30(25-6-2-1-3-7-25)31(27-8-4-9-29(34)22-27)26-13-11-23(12-14-26)24-17-19-32(20-18-24)28-15-16-28/h4-6,8-9,11-18,24,26,33,35H,7,10,19-23H2,1-3H3;4-6,8-9,11-18,24,34H,7,10,19-23H2,1-3H3;1-4,6-9,11-14,22,24,28,33-34H,5,10,15-21H2/b32-31+;2*31-30+. The van der Waals surface area contributed by atoms with Crippen molar-refractivity contribution in [1.29, 1.82) is 0 Å². The highest BCUT2D eigenvalue weighted by Crippen LogP contribution is 2.42. The molecule has 0 atom stereocenters. The van der Waals surface area contributed by atoms with Crippen LogP contribution in [0.15, 0.2) is 237 Å². The summed E-state index contributed by atoms with van der Waals surface area (Å²) in [7, 11) is -6.96. The van der Waals surface area contributed by atoms with Crippen LogP contribution in [0, 0.1) is 0 Å². The number of sulfonamides is 1. The molecule has 9 aromatic rings. The zero-order valence-electron chi connectivity index (χ0n) is 65.1. The number of likely N-dealkylation sites (tertiary alicyclic amines) is 2. The van der Waals surface area contributed by atoms with Gasteiger partial charge in [-0.2, -0.15) is 8.42 Å². The smallest absolute Gasteiger partial charge is 0.306 e. The summed E-state index contributed by atoms with van der Waals surface area (Å²) in [6.07, 6.45) is 14.0. The largest absolute Gasteiger partial charge is 0.508 e. The average Bonchev–Trinajstić information content (AvgIpc) is 1.52. The molecule has 0 bridgehead atoms. The predicted molar refractivity (Wildman–Crippen MR) is 454 cm³/mol. The molecule has 0 aromatic heterocycles. The Balaban J connectivity index is 0.000000164. The number of nitrogens with one attached hydrogen (secondary N) is 1. The van der Waals surface area contributed by atoms with Crippen LogP contribution < -0.4 is 13.8 Å². The lowest BCUT2D eigenvalue weighted by atomic mass is 9.85. The highest BCUT2D eigenvalue weighted by molar-refractivity contribution is 7.92. The van der Waals surface area contributed by atoms with Crippen LogP contribution in [0.5, 0.6) is 11.5 Å². The Kier molecular flexibility index (Phi) is 29.7. The number of hydrogen-bond donors (Lipinski definition) is 5. The fourth-order valence-electron chi connectivity index (χ4n) is 15.9. The maximum Gasteiger partial charge on any atom is 0.306 e. The topological polar surface area (TPSA) is 183 Å². The molecule has 0 radical (unpaired) electrons. The van der Waals surface area contributed by atoms with Gasteiger partial charge in [-0.3, -0.25) is 9.62 Å². The minimum absolute atomic E-state index is 0.103. The van der Waals surface area contributed by atoms with Gasteiger partial charge in [-0.15, -0.1) is 0 Å². The third-order valence-electron chi connectivity index (χ3n) is 21.8. The highest BCUT2D eigenvalue weighted by atomic mass is 32.2. The van der Waals surface area contributed by atoms with Gasteiger partial charge in [0.1, 0.15) is 11.5 Å². The van der Waals surface area contributed by atoms with Crippen molar-refractivity contribution in [3.05, 3.63) is 298 Å². The third-order valence-corrected chi connectivity index (χ3v) is 22.9. The number of piperazine rings is 1. The van der Waals surface area contributed by atoms with Gasteiger partial charge < -0.3 is 39.3 Å². The minimum atomic E-state index is -3.61. The lowest BCUT2D eigenvalue weighted by Crippen LogP contribution is -2.48. The summed E-state index contributed by atoms with van der Waals surface area (Å²) < 4.78 is 54.3. The number of benzene rings is 9. The molecule has 3 saturated heterocycles. The molecule has 9 aromatic carbocycles. The first-order valence-corrected chi connectivity index (χ1v) is 43.3. The molecule has 580 valence electrons. The molecule has 1 saturated carbocycles. The van der Waals surface area contributed by atoms with Crippen LogP contribution in [-0.2, 0) is 20.1 Å². The van der Waals surface area contributed by atoms with E-state index in [-0.39, 0.29) is 31.3 Å². The van der Waals surface area contributed by atoms with Crippen LogP contribution in [0.3, 0.4) is 0 Å². The van der Waals surface area contributed by atoms with E-state index >= 15 is 0 Å². The minimum Gasteiger partial charge on any atom is -0.508 e. The average molecular weight is 1520 g/mol. The lowest BCUT2D eigenvalue weighted by Gasteiger charge is -2.38. The summed E-state index contributed by atoms with van der Waals surface area (Å²) in [5, 5.41) is 39.2. The first kappa shape index (κ1) is 82.0. The second-order valence-corrected chi connectivity index (χ2v) is 33.6. The zero-order valence-corrected chi connectivity index (χ0v) is 66.7. The Labute approximate surface area is 655 Å². The quantitative estimate of drug-likeness (QED) is 0.0231. The lowest BCUT2D eigenvalue weighted by molar-refractivity contribution is 0.172. The number of rotatable bonds is 28. The molecule has 4 fully saturated rings. The third kappa shape index (κ3) is 23.3. The SMILES string of the molecule is CC(C)N1CCC(c2ccc(/C(=C(/CCCO)c3ccccc3)c3ccc(NS(C)(=O)=O)cc3)cc2)CC1.CC(C)N1CCN(c2ccc(/C(=C(/CCCO)c3ccccc3)c3ccc(OS(C)(=O)=O)cc3)cc2)CC1.OCCC/C(=C(/c1ccc(C2CCN(C3CC3)CC2)cc1)c1cccc(O)c1)c1ccccc1. The van der Waals surface area contributed by atoms with E-state index in [1.54, 1.807) is 18.2 Å². The van der Waals surface area contributed by atoms with Crippen LogP contribution in [0.1, 0.15) is 178 Å². The molecular formula is C94H113N5O9S2. The number of aliphatic hydroxyl groups is 3. The Morgan fingerprint density at radius 3 is 1.15 bits per heavy atom. The van der Waals surface area contributed by atoms with Crippen LogP contribution in [-0.4, -0.2) is 155 Å². The molecule has 5 N–H and O–H groups in total. The van der Waals surface area contributed by atoms with Gasteiger partial charge in [0.2, 0.25) is 10.0 Å². The molecule has 110 heavy (non-hydrogen) atoms. The van der Waals surface area contributed by atoms with Gasteiger partial charge in [-0.05, 0) is 286 Å². The van der Waals surface area contributed by atoms with Gasteiger partial charge >= 0.3 is 10.1 Å². The predicted octanol–water partition coefficient (Wildman–Crippen LogP) is 18.1. The van der Waals surface area contributed by atoms with Crippen LogP contribution in [0.4, 0.5) is 11.4 Å². The molecule has 3 aliphatic heterocycles. The van der Waals surface area contributed by atoms with Crippen molar-refractivity contribution in [3.8, 4) is 11.5 Å². The summed E-state index contributed by atoms with van der Waals surface area (Å²) in [6, 6.07) is 82.1. The summed E-state index contributed by atoms with van der Waals surface area (Å²) in [5.41, 5.74) is 21.1. The van der Waals surface area contributed by atoms with Crippen molar-refractivity contribution in [2.75, 3.05) is 94.3 Å². The van der Waals surface area contributed by atoms with E-state index < -0.39 is 20.1 Å². The van der Waals surface area contributed by atoms with Gasteiger partial charge in [-0.1, -0.05) is 188 Å². The van der Waals surface area contributed by atoms with E-state index in [1.165, 1.54) is 79.6 Å². The number of phenols is 1. The molecule has 0 spiro atoms. The number of nitrogens with zero attached hydrogens (tertiary/aromatic N) is 4. The van der Waals surface area contributed by atoms with Gasteiger partial charge in [0.15, 0.2) is 0 Å². The number of aromatic hydroxyl groups is 1. The Morgan fingerprint density at radius 1 is 0.409 bits per heavy atom. The van der Waals surface area contributed by atoms with E-state index in [0.717, 1.165) is 143 Å². The van der Waals surface area contributed by atoms with E-state index in [0.29, 0.717) is 55.3 Å².